The van der Waals surface area contributed by atoms with E-state index in [1.807, 2.05) is 0 Å². The lowest BCUT2D eigenvalue weighted by molar-refractivity contribution is -0.143. The molecule has 0 unspecified atom stereocenters. The van der Waals surface area contributed by atoms with Crippen molar-refractivity contribution in [1.82, 2.24) is 0 Å². The first kappa shape index (κ1) is 15.4. The number of ether oxygens (including phenoxy) is 1. The maximum atomic E-state index is 12.8. The van der Waals surface area contributed by atoms with E-state index < -0.39 is 21.9 Å². The van der Waals surface area contributed by atoms with E-state index in [0.717, 1.165) is 6.07 Å². The average molecular weight is 290 g/mol. The number of rotatable bonds is 7. The van der Waals surface area contributed by atoms with Gasteiger partial charge < -0.3 is 8.92 Å². The molecule has 0 heterocycles. The predicted molar refractivity (Wildman–Crippen MR) is 66.7 cm³/mol. The Morgan fingerprint density at radius 2 is 2.11 bits per heavy atom. The second-order valence-corrected chi connectivity index (χ2v) is 5.40. The fourth-order valence-electron chi connectivity index (χ4n) is 1.33. The first-order valence-electron chi connectivity index (χ1n) is 5.76. The monoisotopic (exact) mass is 290 g/mol. The third kappa shape index (κ3) is 6.19. The highest BCUT2D eigenvalue weighted by Gasteiger charge is 2.14. The van der Waals surface area contributed by atoms with Crippen LogP contribution in [0.3, 0.4) is 0 Å². The molecule has 0 radical (unpaired) electrons. The van der Waals surface area contributed by atoms with Crippen LogP contribution in [0.25, 0.3) is 0 Å². The molecule has 0 aliphatic carbocycles. The summed E-state index contributed by atoms with van der Waals surface area (Å²) in [5.74, 6) is -1.46. The first-order chi connectivity index (χ1) is 8.93. The molecule has 0 saturated heterocycles. The highest BCUT2D eigenvalue weighted by atomic mass is 32.2. The fraction of sp³-hybridized carbons (Fsp3) is 0.417. The van der Waals surface area contributed by atoms with Gasteiger partial charge in [-0.05, 0) is 25.5 Å². The van der Waals surface area contributed by atoms with Gasteiger partial charge in [-0.15, -0.1) is 0 Å². The molecule has 5 nitrogen and oxygen atoms in total. The molecule has 0 aliphatic rings. The van der Waals surface area contributed by atoms with Crippen LogP contribution in [0.4, 0.5) is 4.39 Å². The number of hydrogen-bond acceptors (Lipinski definition) is 5. The third-order valence-electron chi connectivity index (χ3n) is 2.10. The molecule has 0 saturated carbocycles. The minimum absolute atomic E-state index is 0.000416. The van der Waals surface area contributed by atoms with E-state index >= 15 is 0 Å². The Bertz CT molecular complexity index is 527. The number of carbonyl (C=O) groups is 1. The van der Waals surface area contributed by atoms with Crippen LogP contribution in [0.15, 0.2) is 24.3 Å². The van der Waals surface area contributed by atoms with Gasteiger partial charge in [-0.3, -0.25) is 4.79 Å². The number of carbonyl (C=O) groups excluding carboxylic acids is 1. The summed E-state index contributed by atoms with van der Waals surface area (Å²) in [6.07, 6.45) is 0.0933. The summed E-state index contributed by atoms with van der Waals surface area (Å²) in [7, 11) is -3.84. The molecule has 0 fully saturated rings. The molecule has 0 atom stereocenters. The summed E-state index contributed by atoms with van der Waals surface area (Å²) in [5.41, 5.74) is 0. The minimum atomic E-state index is -3.84. The van der Waals surface area contributed by atoms with E-state index in [2.05, 4.69) is 4.74 Å². The molecular formula is C12H15FO5S. The number of halogens is 1. The fourth-order valence-corrected chi connectivity index (χ4v) is 2.31. The van der Waals surface area contributed by atoms with Crippen LogP contribution >= 0.6 is 0 Å². The van der Waals surface area contributed by atoms with Gasteiger partial charge >= 0.3 is 16.1 Å². The van der Waals surface area contributed by atoms with Crippen molar-refractivity contribution >= 4 is 16.1 Å². The third-order valence-corrected chi connectivity index (χ3v) is 3.33. The maximum absolute atomic E-state index is 12.8. The molecule has 0 bridgehead atoms. The van der Waals surface area contributed by atoms with Crippen molar-refractivity contribution in [3.63, 3.8) is 0 Å². The van der Waals surface area contributed by atoms with Gasteiger partial charge in [0.15, 0.2) is 0 Å². The Morgan fingerprint density at radius 1 is 1.37 bits per heavy atom. The zero-order valence-electron chi connectivity index (χ0n) is 10.5. The zero-order valence-corrected chi connectivity index (χ0v) is 11.3. The van der Waals surface area contributed by atoms with Gasteiger partial charge in [-0.2, -0.15) is 8.42 Å². The average Bonchev–Trinajstić information content (AvgIpc) is 2.28. The molecule has 0 aromatic heterocycles. The molecule has 1 aromatic rings. The van der Waals surface area contributed by atoms with Crippen molar-refractivity contribution in [1.29, 1.82) is 0 Å². The van der Waals surface area contributed by atoms with Crippen molar-refractivity contribution in [2.45, 2.75) is 19.8 Å². The van der Waals surface area contributed by atoms with Gasteiger partial charge in [0, 0.05) is 12.5 Å². The van der Waals surface area contributed by atoms with Crippen molar-refractivity contribution in [3.05, 3.63) is 30.1 Å². The van der Waals surface area contributed by atoms with E-state index in [9.17, 15) is 17.6 Å². The Morgan fingerprint density at radius 3 is 2.74 bits per heavy atom. The summed E-state index contributed by atoms with van der Waals surface area (Å²) < 4.78 is 45.3. The SMILES string of the molecule is CCOC(=O)CCCS(=O)(=O)Oc1cccc(F)c1. The van der Waals surface area contributed by atoms with Gasteiger partial charge in [0.25, 0.3) is 0 Å². The molecule has 0 amide bonds. The second kappa shape index (κ2) is 7.08. The van der Waals surface area contributed by atoms with Crippen LogP contribution in [-0.4, -0.2) is 26.7 Å². The standard InChI is InChI=1S/C12H15FO5S/c1-2-17-12(14)7-4-8-19(15,16)18-11-6-3-5-10(13)9-11/h3,5-6,9H,2,4,7-8H2,1H3. The predicted octanol–water partition coefficient (Wildman–Crippen LogP) is 1.88. The highest BCUT2D eigenvalue weighted by Crippen LogP contribution is 2.15. The largest absolute Gasteiger partial charge is 0.466 e. The van der Waals surface area contributed by atoms with E-state index in [-0.39, 0.29) is 31.0 Å². The second-order valence-electron chi connectivity index (χ2n) is 3.71. The molecule has 0 spiro atoms. The lowest BCUT2D eigenvalue weighted by Crippen LogP contribution is -2.15. The quantitative estimate of drug-likeness (QED) is 0.566. The normalized spacial score (nSPS) is 11.1. The van der Waals surface area contributed by atoms with Crippen molar-refractivity contribution < 1.29 is 26.5 Å². The van der Waals surface area contributed by atoms with Crippen molar-refractivity contribution in [3.8, 4) is 5.75 Å². The van der Waals surface area contributed by atoms with Crippen LogP contribution in [0.5, 0.6) is 5.75 Å². The number of benzene rings is 1. The summed E-state index contributed by atoms with van der Waals surface area (Å²) in [6.45, 7) is 1.92. The van der Waals surface area contributed by atoms with Gasteiger partial charge in [0.1, 0.15) is 11.6 Å². The molecule has 0 aliphatic heterocycles. The Hall–Kier alpha value is -1.63. The molecule has 0 N–H and O–H groups in total. The van der Waals surface area contributed by atoms with E-state index in [0.29, 0.717) is 0 Å². The Kier molecular flexibility index (Phi) is 5.75. The summed E-state index contributed by atoms with van der Waals surface area (Å²) in [5, 5.41) is 0. The summed E-state index contributed by atoms with van der Waals surface area (Å²) >= 11 is 0. The van der Waals surface area contributed by atoms with Gasteiger partial charge in [-0.25, -0.2) is 4.39 Å². The molecular weight excluding hydrogens is 275 g/mol. The van der Waals surface area contributed by atoms with E-state index in [4.69, 9.17) is 4.18 Å². The first-order valence-corrected chi connectivity index (χ1v) is 7.34. The Balaban J connectivity index is 2.46. The molecule has 1 aromatic carbocycles. The minimum Gasteiger partial charge on any atom is -0.466 e. The van der Waals surface area contributed by atoms with Crippen LogP contribution in [-0.2, 0) is 19.6 Å². The van der Waals surface area contributed by atoms with Crippen LogP contribution in [0.1, 0.15) is 19.8 Å². The van der Waals surface area contributed by atoms with Crippen LogP contribution < -0.4 is 4.18 Å². The molecule has 19 heavy (non-hydrogen) atoms. The zero-order chi connectivity index (χ0) is 14.3. The number of esters is 1. The van der Waals surface area contributed by atoms with E-state index in [1.54, 1.807) is 6.92 Å². The van der Waals surface area contributed by atoms with Gasteiger partial charge in [0.2, 0.25) is 0 Å². The smallest absolute Gasteiger partial charge is 0.309 e. The van der Waals surface area contributed by atoms with Crippen LogP contribution in [0.2, 0.25) is 0 Å². The summed E-state index contributed by atoms with van der Waals surface area (Å²) in [4.78, 5) is 11.0. The summed E-state index contributed by atoms with van der Waals surface area (Å²) in [6, 6.07) is 4.84. The Labute approximate surface area is 111 Å². The lowest BCUT2D eigenvalue weighted by Gasteiger charge is -2.06. The van der Waals surface area contributed by atoms with E-state index in [1.165, 1.54) is 18.2 Å². The topological polar surface area (TPSA) is 69.7 Å². The highest BCUT2D eigenvalue weighted by molar-refractivity contribution is 7.87. The van der Waals surface area contributed by atoms with Crippen molar-refractivity contribution in [2.24, 2.45) is 0 Å². The van der Waals surface area contributed by atoms with Crippen molar-refractivity contribution in [2.75, 3.05) is 12.4 Å². The lowest BCUT2D eigenvalue weighted by atomic mass is 10.3. The van der Waals surface area contributed by atoms with Crippen LogP contribution in [0, 0.1) is 5.82 Å². The van der Waals surface area contributed by atoms with Gasteiger partial charge in [0.05, 0.1) is 12.4 Å². The molecule has 106 valence electrons. The molecule has 1 rings (SSSR count). The molecule has 7 heteroatoms. The van der Waals surface area contributed by atoms with Gasteiger partial charge in [-0.1, -0.05) is 6.07 Å². The number of hydrogen-bond donors (Lipinski definition) is 0. The maximum Gasteiger partial charge on any atom is 0.309 e.